The third kappa shape index (κ3) is 4.63. The second-order valence-corrected chi connectivity index (χ2v) is 6.24. The highest BCUT2D eigenvalue weighted by Crippen LogP contribution is 2.17. The molecular weight excluding hydrogens is 240 g/mol. The average molecular weight is 264 g/mol. The largest absolute Gasteiger partial charge is 0.316 e. The van der Waals surface area contributed by atoms with E-state index in [2.05, 4.69) is 41.8 Å². The molecule has 1 atom stereocenters. The van der Waals surface area contributed by atoms with E-state index in [0.29, 0.717) is 0 Å². The van der Waals surface area contributed by atoms with E-state index in [1.54, 1.807) is 0 Å². The lowest BCUT2D eigenvalue weighted by atomic mass is 10.1. The number of hydrogen-bond donors (Lipinski definition) is 2. The molecule has 0 amide bonds. The van der Waals surface area contributed by atoms with Crippen molar-refractivity contribution < 1.29 is 0 Å². The molecule has 2 rings (SSSR count). The molecule has 0 spiro atoms. The molecule has 0 aromatic heterocycles. The van der Waals surface area contributed by atoms with Crippen LogP contribution in [-0.2, 0) is 6.54 Å². The maximum atomic E-state index is 3.55. The zero-order chi connectivity index (χ0) is 12.6. The molecule has 2 N–H and O–H groups in total. The van der Waals surface area contributed by atoms with Crippen LogP contribution in [0.3, 0.4) is 0 Å². The van der Waals surface area contributed by atoms with E-state index in [4.69, 9.17) is 0 Å². The molecule has 100 valence electrons. The Kier molecular flexibility index (Phi) is 6.05. The highest BCUT2D eigenvalue weighted by atomic mass is 32.2. The predicted molar refractivity (Wildman–Crippen MR) is 80.1 cm³/mol. The first-order valence-corrected chi connectivity index (χ1v) is 8.00. The number of nitrogens with one attached hydrogen (secondary N) is 2. The molecule has 1 aliphatic heterocycles. The Labute approximate surface area is 115 Å². The molecular formula is C15H24N2S. The summed E-state index contributed by atoms with van der Waals surface area (Å²) in [5.41, 5.74) is 1.39. The highest BCUT2D eigenvalue weighted by molar-refractivity contribution is 7.99. The lowest BCUT2D eigenvalue weighted by Crippen LogP contribution is -2.19. The van der Waals surface area contributed by atoms with Crippen molar-refractivity contribution in [3.8, 4) is 0 Å². The molecule has 0 saturated carbocycles. The molecule has 1 fully saturated rings. The molecule has 0 bridgehead atoms. The van der Waals surface area contributed by atoms with E-state index < -0.39 is 0 Å². The molecule has 1 heterocycles. The SMILES string of the molecule is CCSc1ccc(CNCCC2CCNC2)cc1. The predicted octanol–water partition coefficient (Wildman–Crippen LogP) is 2.89. The van der Waals surface area contributed by atoms with Gasteiger partial charge in [-0.3, -0.25) is 0 Å². The summed E-state index contributed by atoms with van der Waals surface area (Å²) in [6.07, 6.45) is 2.65. The first-order chi connectivity index (χ1) is 8.88. The Hall–Kier alpha value is -0.510. The van der Waals surface area contributed by atoms with Gasteiger partial charge < -0.3 is 10.6 Å². The molecule has 0 aliphatic carbocycles. The van der Waals surface area contributed by atoms with Gasteiger partial charge in [-0.1, -0.05) is 19.1 Å². The van der Waals surface area contributed by atoms with Crippen LogP contribution >= 0.6 is 11.8 Å². The standard InChI is InChI=1S/C15H24N2S/c1-2-18-15-5-3-13(4-6-15)11-16-9-7-14-8-10-17-12-14/h3-6,14,16-17H,2,7-12H2,1H3. The van der Waals surface area contributed by atoms with Crippen molar-refractivity contribution in [2.24, 2.45) is 5.92 Å². The topological polar surface area (TPSA) is 24.1 Å². The summed E-state index contributed by atoms with van der Waals surface area (Å²) >= 11 is 1.90. The number of hydrogen-bond acceptors (Lipinski definition) is 3. The highest BCUT2D eigenvalue weighted by Gasteiger charge is 2.12. The van der Waals surface area contributed by atoms with E-state index >= 15 is 0 Å². The van der Waals surface area contributed by atoms with Crippen molar-refractivity contribution in [1.82, 2.24) is 10.6 Å². The normalized spacial score (nSPS) is 19.3. The smallest absolute Gasteiger partial charge is 0.0205 e. The molecule has 1 unspecified atom stereocenters. The van der Waals surface area contributed by atoms with Crippen molar-refractivity contribution in [2.45, 2.75) is 31.2 Å². The Balaban J connectivity index is 1.63. The number of thioether (sulfide) groups is 1. The molecule has 18 heavy (non-hydrogen) atoms. The molecule has 1 aromatic carbocycles. The van der Waals surface area contributed by atoms with Crippen molar-refractivity contribution in [3.05, 3.63) is 29.8 Å². The Morgan fingerprint density at radius 1 is 1.33 bits per heavy atom. The maximum absolute atomic E-state index is 3.55. The molecule has 3 heteroatoms. The van der Waals surface area contributed by atoms with Gasteiger partial charge in [-0.15, -0.1) is 11.8 Å². The van der Waals surface area contributed by atoms with Gasteiger partial charge in [0, 0.05) is 11.4 Å². The van der Waals surface area contributed by atoms with Gasteiger partial charge in [0.2, 0.25) is 0 Å². The summed E-state index contributed by atoms with van der Waals surface area (Å²) in [7, 11) is 0. The van der Waals surface area contributed by atoms with Gasteiger partial charge in [-0.25, -0.2) is 0 Å². The molecule has 1 saturated heterocycles. The van der Waals surface area contributed by atoms with E-state index in [9.17, 15) is 0 Å². The summed E-state index contributed by atoms with van der Waals surface area (Å²) in [5, 5.41) is 6.96. The van der Waals surface area contributed by atoms with Crippen LogP contribution in [-0.4, -0.2) is 25.4 Å². The fraction of sp³-hybridized carbons (Fsp3) is 0.600. The monoisotopic (exact) mass is 264 g/mol. The average Bonchev–Trinajstić information content (AvgIpc) is 2.90. The fourth-order valence-electron chi connectivity index (χ4n) is 2.37. The Morgan fingerprint density at radius 2 is 2.17 bits per heavy atom. The second kappa shape index (κ2) is 7.82. The quantitative estimate of drug-likeness (QED) is 0.585. The van der Waals surface area contributed by atoms with E-state index in [1.807, 2.05) is 11.8 Å². The van der Waals surface area contributed by atoms with Crippen LogP contribution in [0.5, 0.6) is 0 Å². The van der Waals surface area contributed by atoms with Crippen molar-refractivity contribution in [1.29, 1.82) is 0 Å². The number of rotatable bonds is 7. The zero-order valence-corrected chi connectivity index (χ0v) is 12.1. The summed E-state index contributed by atoms with van der Waals surface area (Å²) in [6, 6.07) is 8.93. The maximum Gasteiger partial charge on any atom is 0.0205 e. The second-order valence-electron chi connectivity index (χ2n) is 4.90. The minimum absolute atomic E-state index is 0.890. The van der Waals surface area contributed by atoms with Crippen LogP contribution < -0.4 is 10.6 Å². The van der Waals surface area contributed by atoms with Gasteiger partial charge in [0.15, 0.2) is 0 Å². The van der Waals surface area contributed by atoms with Crippen LogP contribution in [0.1, 0.15) is 25.3 Å². The van der Waals surface area contributed by atoms with Gasteiger partial charge >= 0.3 is 0 Å². The van der Waals surface area contributed by atoms with Crippen LogP contribution in [0.15, 0.2) is 29.2 Å². The third-order valence-corrected chi connectivity index (χ3v) is 4.35. The van der Waals surface area contributed by atoms with Gasteiger partial charge in [0.25, 0.3) is 0 Å². The van der Waals surface area contributed by atoms with Crippen molar-refractivity contribution in [2.75, 3.05) is 25.4 Å². The summed E-state index contributed by atoms with van der Waals surface area (Å²) in [5.74, 6) is 2.04. The van der Waals surface area contributed by atoms with E-state index in [0.717, 1.165) is 24.8 Å². The molecule has 1 aliphatic rings. The zero-order valence-electron chi connectivity index (χ0n) is 11.2. The van der Waals surface area contributed by atoms with Crippen LogP contribution in [0.2, 0.25) is 0 Å². The van der Waals surface area contributed by atoms with Gasteiger partial charge in [0.05, 0.1) is 0 Å². The first kappa shape index (κ1) is 13.9. The van der Waals surface area contributed by atoms with E-state index in [-0.39, 0.29) is 0 Å². The lowest BCUT2D eigenvalue weighted by molar-refractivity contribution is 0.500. The molecule has 1 aromatic rings. The van der Waals surface area contributed by atoms with Gasteiger partial charge in [-0.05, 0) is 61.8 Å². The van der Waals surface area contributed by atoms with Crippen molar-refractivity contribution >= 4 is 11.8 Å². The minimum Gasteiger partial charge on any atom is -0.316 e. The first-order valence-electron chi connectivity index (χ1n) is 7.01. The Morgan fingerprint density at radius 3 is 2.83 bits per heavy atom. The third-order valence-electron chi connectivity index (χ3n) is 3.46. The van der Waals surface area contributed by atoms with Crippen LogP contribution in [0.4, 0.5) is 0 Å². The van der Waals surface area contributed by atoms with Crippen LogP contribution in [0.25, 0.3) is 0 Å². The molecule has 0 radical (unpaired) electrons. The summed E-state index contributed by atoms with van der Waals surface area (Å²) in [4.78, 5) is 1.37. The van der Waals surface area contributed by atoms with Gasteiger partial charge in [0.1, 0.15) is 0 Å². The van der Waals surface area contributed by atoms with Crippen LogP contribution in [0, 0.1) is 5.92 Å². The molecule has 2 nitrogen and oxygen atoms in total. The minimum atomic E-state index is 0.890. The van der Waals surface area contributed by atoms with Gasteiger partial charge in [-0.2, -0.15) is 0 Å². The number of benzene rings is 1. The van der Waals surface area contributed by atoms with Crippen molar-refractivity contribution in [3.63, 3.8) is 0 Å². The van der Waals surface area contributed by atoms with E-state index in [1.165, 1.54) is 36.4 Å². The lowest BCUT2D eigenvalue weighted by Gasteiger charge is -2.09. The summed E-state index contributed by atoms with van der Waals surface area (Å²) < 4.78 is 0. The fourth-order valence-corrected chi connectivity index (χ4v) is 3.03. The Bertz CT molecular complexity index is 331. The summed E-state index contributed by atoms with van der Waals surface area (Å²) in [6.45, 7) is 6.75.